The molecule has 1 fully saturated rings. The monoisotopic (exact) mass is 358 g/mol. The fourth-order valence-electron chi connectivity index (χ4n) is 3.61. The molecule has 1 aromatic rings. The molecule has 26 heavy (non-hydrogen) atoms. The Kier molecular flexibility index (Phi) is 7.67. The molecule has 0 radical (unpaired) electrons. The van der Waals surface area contributed by atoms with Crippen molar-refractivity contribution >= 4 is 11.8 Å². The van der Waals surface area contributed by atoms with Gasteiger partial charge in [-0.1, -0.05) is 52.0 Å². The summed E-state index contributed by atoms with van der Waals surface area (Å²) >= 11 is 0. The SMILES string of the molecule is CCC(=O)NCC(CC)C(=O)N1CCC(c2ccc(C(C)C)cc2)CC1. The van der Waals surface area contributed by atoms with Crippen LogP contribution in [-0.4, -0.2) is 36.3 Å². The first-order valence-corrected chi connectivity index (χ1v) is 10.1. The van der Waals surface area contributed by atoms with Gasteiger partial charge in [0.15, 0.2) is 0 Å². The highest BCUT2D eigenvalue weighted by molar-refractivity contribution is 5.81. The summed E-state index contributed by atoms with van der Waals surface area (Å²) < 4.78 is 0. The van der Waals surface area contributed by atoms with Crippen molar-refractivity contribution in [2.45, 2.75) is 65.2 Å². The third-order valence-electron chi connectivity index (χ3n) is 5.59. The molecule has 1 aromatic carbocycles. The summed E-state index contributed by atoms with van der Waals surface area (Å²) in [6.45, 7) is 10.4. The van der Waals surface area contributed by atoms with Crippen LogP contribution in [0.25, 0.3) is 0 Å². The lowest BCUT2D eigenvalue weighted by Gasteiger charge is -2.34. The zero-order valence-corrected chi connectivity index (χ0v) is 16.8. The first-order valence-electron chi connectivity index (χ1n) is 10.1. The number of hydrogen-bond acceptors (Lipinski definition) is 2. The minimum Gasteiger partial charge on any atom is -0.355 e. The Bertz CT molecular complexity index is 587. The number of hydrogen-bond donors (Lipinski definition) is 1. The third kappa shape index (κ3) is 5.33. The number of amides is 2. The minimum absolute atomic E-state index is 0.0137. The molecule has 2 amide bonds. The van der Waals surface area contributed by atoms with Crippen molar-refractivity contribution in [2.24, 2.45) is 5.92 Å². The number of nitrogens with zero attached hydrogens (tertiary/aromatic N) is 1. The Hall–Kier alpha value is -1.84. The van der Waals surface area contributed by atoms with Gasteiger partial charge in [-0.05, 0) is 42.2 Å². The summed E-state index contributed by atoms with van der Waals surface area (Å²) in [5.41, 5.74) is 2.77. The second kappa shape index (κ2) is 9.75. The highest BCUT2D eigenvalue weighted by Crippen LogP contribution is 2.29. The fourth-order valence-corrected chi connectivity index (χ4v) is 3.61. The summed E-state index contributed by atoms with van der Waals surface area (Å²) in [4.78, 5) is 26.2. The van der Waals surface area contributed by atoms with Crippen LogP contribution >= 0.6 is 0 Å². The topological polar surface area (TPSA) is 49.4 Å². The van der Waals surface area contributed by atoms with E-state index in [0.717, 1.165) is 32.4 Å². The molecule has 1 unspecified atom stereocenters. The van der Waals surface area contributed by atoms with E-state index in [1.807, 2.05) is 18.7 Å². The van der Waals surface area contributed by atoms with Gasteiger partial charge >= 0.3 is 0 Å². The van der Waals surface area contributed by atoms with Crippen molar-refractivity contribution in [1.82, 2.24) is 10.2 Å². The standard InChI is InChI=1S/C22H34N2O2/c1-5-17(15-23-21(25)6-2)22(26)24-13-11-20(12-14-24)19-9-7-18(8-10-19)16(3)4/h7-10,16-17,20H,5-6,11-15H2,1-4H3,(H,23,25). The average molecular weight is 359 g/mol. The van der Waals surface area contributed by atoms with E-state index >= 15 is 0 Å². The second-order valence-corrected chi connectivity index (χ2v) is 7.68. The van der Waals surface area contributed by atoms with Crippen molar-refractivity contribution in [1.29, 1.82) is 0 Å². The van der Waals surface area contributed by atoms with Crippen molar-refractivity contribution in [3.8, 4) is 0 Å². The molecule has 0 aliphatic carbocycles. The average Bonchev–Trinajstić information content (AvgIpc) is 2.68. The van der Waals surface area contributed by atoms with Gasteiger partial charge in [0.05, 0.1) is 5.92 Å². The molecule has 4 heteroatoms. The van der Waals surface area contributed by atoms with Crippen molar-refractivity contribution in [3.05, 3.63) is 35.4 Å². The first kappa shape index (κ1) is 20.5. The van der Waals surface area contributed by atoms with E-state index < -0.39 is 0 Å². The molecule has 1 aliphatic heterocycles. The molecule has 0 spiro atoms. The number of likely N-dealkylation sites (tertiary alicyclic amines) is 1. The number of piperidine rings is 1. The highest BCUT2D eigenvalue weighted by atomic mass is 16.2. The largest absolute Gasteiger partial charge is 0.355 e. The molecular formula is C22H34N2O2. The molecule has 1 saturated heterocycles. The smallest absolute Gasteiger partial charge is 0.227 e. The van der Waals surface area contributed by atoms with Crippen LogP contribution in [0.15, 0.2) is 24.3 Å². The van der Waals surface area contributed by atoms with Gasteiger partial charge in [-0.2, -0.15) is 0 Å². The zero-order valence-electron chi connectivity index (χ0n) is 16.8. The fraction of sp³-hybridized carbons (Fsp3) is 0.636. The highest BCUT2D eigenvalue weighted by Gasteiger charge is 2.28. The molecule has 0 saturated carbocycles. The van der Waals surface area contributed by atoms with Gasteiger partial charge in [-0.15, -0.1) is 0 Å². The number of carbonyl (C=O) groups is 2. The Labute approximate surface area is 158 Å². The maximum atomic E-state index is 12.8. The van der Waals surface area contributed by atoms with Gasteiger partial charge in [0.25, 0.3) is 0 Å². The molecule has 1 N–H and O–H groups in total. The summed E-state index contributed by atoms with van der Waals surface area (Å²) in [5.74, 6) is 1.20. The normalized spacial score (nSPS) is 16.6. The Balaban J connectivity index is 1.88. The molecule has 4 nitrogen and oxygen atoms in total. The number of benzene rings is 1. The predicted octanol–water partition coefficient (Wildman–Crippen LogP) is 4.07. The van der Waals surface area contributed by atoms with Gasteiger partial charge in [-0.3, -0.25) is 9.59 Å². The predicted molar refractivity (Wildman–Crippen MR) is 106 cm³/mol. The number of nitrogens with one attached hydrogen (secondary N) is 1. The minimum atomic E-state index is -0.104. The second-order valence-electron chi connectivity index (χ2n) is 7.68. The van der Waals surface area contributed by atoms with Gasteiger partial charge in [0.1, 0.15) is 0 Å². The lowest BCUT2D eigenvalue weighted by atomic mass is 9.87. The van der Waals surface area contributed by atoms with E-state index in [9.17, 15) is 9.59 Å². The van der Waals surface area contributed by atoms with Crippen molar-refractivity contribution < 1.29 is 9.59 Å². The Morgan fingerprint density at radius 3 is 2.23 bits per heavy atom. The molecule has 1 heterocycles. The van der Waals surface area contributed by atoms with Gasteiger partial charge in [-0.25, -0.2) is 0 Å². The summed E-state index contributed by atoms with van der Waals surface area (Å²) in [5, 5.41) is 2.87. The van der Waals surface area contributed by atoms with Crippen molar-refractivity contribution in [2.75, 3.05) is 19.6 Å². The maximum Gasteiger partial charge on any atom is 0.227 e. The van der Waals surface area contributed by atoms with E-state index in [0.29, 0.717) is 24.8 Å². The molecule has 1 aliphatic rings. The van der Waals surface area contributed by atoms with E-state index in [-0.39, 0.29) is 17.7 Å². The van der Waals surface area contributed by atoms with Crippen LogP contribution in [0.2, 0.25) is 0 Å². The lowest BCUT2D eigenvalue weighted by molar-refractivity contribution is -0.136. The van der Waals surface area contributed by atoms with E-state index in [4.69, 9.17) is 0 Å². The van der Waals surface area contributed by atoms with E-state index in [1.165, 1.54) is 11.1 Å². The first-order chi connectivity index (χ1) is 12.5. The van der Waals surface area contributed by atoms with Crippen LogP contribution < -0.4 is 5.32 Å². The van der Waals surface area contributed by atoms with Gasteiger partial charge in [0.2, 0.25) is 11.8 Å². The summed E-state index contributed by atoms with van der Waals surface area (Å²) in [6, 6.07) is 8.99. The van der Waals surface area contributed by atoms with Crippen LogP contribution in [0, 0.1) is 5.92 Å². The molecular weight excluding hydrogens is 324 g/mol. The van der Waals surface area contributed by atoms with Crippen LogP contribution in [0.5, 0.6) is 0 Å². The lowest BCUT2D eigenvalue weighted by Crippen LogP contribution is -2.44. The number of carbonyl (C=O) groups excluding carboxylic acids is 2. The summed E-state index contributed by atoms with van der Waals surface area (Å²) in [7, 11) is 0. The van der Waals surface area contributed by atoms with Crippen LogP contribution in [-0.2, 0) is 9.59 Å². The molecule has 0 aromatic heterocycles. The van der Waals surface area contributed by atoms with Crippen LogP contribution in [0.1, 0.15) is 76.3 Å². The van der Waals surface area contributed by atoms with Crippen LogP contribution in [0.3, 0.4) is 0 Å². The molecule has 144 valence electrons. The van der Waals surface area contributed by atoms with E-state index in [1.54, 1.807) is 0 Å². The number of rotatable bonds is 7. The third-order valence-corrected chi connectivity index (χ3v) is 5.59. The Morgan fingerprint density at radius 2 is 1.73 bits per heavy atom. The zero-order chi connectivity index (χ0) is 19.1. The summed E-state index contributed by atoms with van der Waals surface area (Å²) in [6.07, 6.45) is 3.26. The molecule has 2 rings (SSSR count). The maximum absolute atomic E-state index is 12.8. The van der Waals surface area contributed by atoms with E-state index in [2.05, 4.69) is 43.4 Å². The van der Waals surface area contributed by atoms with Gasteiger partial charge in [0, 0.05) is 26.1 Å². The van der Waals surface area contributed by atoms with Gasteiger partial charge < -0.3 is 10.2 Å². The molecule has 0 bridgehead atoms. The molecule has 1 atom stereocenters. The van der Waals surface area contributed by atoms with Crippen LogP contribution in [0.4, 0.5) is 0 Å². The Morgan fingerprint density at radius 1 is 1.12 bits per heavy atom. The quantitative estimate of drug-likeness (QED) is 0.799. The van der Waals surface area contributed by atoms with Crippen molar-refractivity contribution in [3.63, 3.8) is 0 Å².